The third-order valence-corrected chi connectivity index (χ3v) is 2.75. The summed E-state index contributed by atoms with van der Waals surface area (Å²) < 4.78 is 5.17. The minimum Gasteiger partial charge on any atom is -0.508 e. The van der Waals surface area contributed by atoms with Crippen LogP contribution in [0.5, 0.6) is 11.5 Å². The molecule has 0 saturated carbocycles. The van der Waals surface area contributed by atoms with Crippen LogP contribution in [0, 0.1) is 0 Å². The van der Waals surface area contributed by atoms with E-state index in [1.54, 1.807) is 19.2 Å². The van der Waals surface area contributed by atoms with Crippen molar-refractivity contribution in [2.75, 3.05) is 12.8 Å². The Bertz CT molecular complexity index is 523. The van der Waals surface area contributed by atoms with Crippen LogP contribution in [0.4, 0.5) is 5.69 Å². The highest BCUT2D eigenvalue weighted by molar-refractivity contribution is 5.60. The number of benzene rings is 2. The van der Waals surface area contributed by atoms with Crippen LogP contribution in [0.25, 0.3) is 0 Å². The molecule has 2 aromatic rings. The van der Waals surface area contributed by atoms with Crippen LogP contribution in [0.15, 0.2) is 42.5 Å². The first-order valence-electron chi connectivity index (χ1n) is 5.40. The van der Waals surface area contributed by atoms with Crippen molar-refractivity contribution < 1.29 is 9.84 Å². The van der Waals surface area contributed by atoms with Crippen LogP contribution in [0.1, 0.15) is 11.1 Å². The topological polar surface area (TPSA) is 55.5 Å². The smallest absolute Gasteiger partial charge is 0.142 e. The first-order valence-corrected chi connectivity index (χ1v) is 5.40. The van der Waals surface area contributed by atoms with E-state index in [1.165, 1.54) is 0 Å². The Morgan fingerprint density at radius 1 is 1.06 bits per heavy atom. The summed E-state index contributed by atoms with van der Waals surface area (Å²) in [6, 6.07) is 12.9. The standard InChI is InChI=1S/C14H15NO2/c1-17-13-8-4-6-11(14(13)15)9-10-5-2-3-7-12(10)16/h2-8,16H,9,15H2,1H3. The largest absolute Gasteiger partial charge is 0.508 e. The zero-order valence-electron chi connectivity index (χ0n) is 9.68. The van der Waals surface area contributed by atoms with Gasteiger partial charge in [0.2, 0.25) is 0 Å². The maximum atomic E-state index is 9.72. The Morgan fingerprint density at radius 3 is 2.47 bits per heavy atom. The van der Waals surface area contributed by atoms with Crippen molar-refractivity contribution in [3.8, 4) is 11.5 Å². The summed E-state index contributed by atoms with van der Waals surface area (Å²) >= 11 is 0. The van der Waals surface area contributed by atoms with Crippen molar-refractivity contribution in [2.24, 2.45) is 0 Å². The molecule has 0 bridgehead atoms. The molecular weight excluding hydrogens is 214 g/mol. The fourth-order valence-electron chi connectivity index (χ4n) is 1.79. The lowest BCUT2D eigenvalue weighted by Gasteiger charge is -2.10. The lowest BCUT2D eigenvalue weighted by Crippen LogP contribution is -1.99. The average molecular weight is 229 g/mol. The minimum atomic E-state index is 0.287. The Labute approximate surface area is 100 Å². The normalized spacial score (nSPS) is 10.2. The highest BCUT2D eigenvalue weighted by atomic mass is 16.5. The van der Waals surface area contributed by atoms with Crippen molar-refractivity contribution in [1.82, 2.24) is 0 Å². The molecule has 0 spiro atoms. The number of anilines is 1. The van der Waals surface area contributed by atoms with E-state index in [-0.39, 0.29) is 5.75 Å². The van der Waals surface area contributed by atoms with Gasteiger partial charge in [0.1, 0.15) is 11.5 Å². The molecule has 0 aliphatic rings. The van der Waals surface area contributed by atoms with Crippen LogP contribution in [0.3, 0.4) is 0 Å². The van der Waals surface area contributed by atoms with Crippen molar-refractivity contribution in [1.29, 1.82) is 0 Å². The van der Waals surface area contributed by atoms with E-state index in [2.05, 4.69) is 0 Å². The van der Waals surface area contributed by atoms with Gasteiger partial charge in [-0.2, -0.15) is 0 Å². The fourth-order valence-corrected chi connectivity index (χ4v) is 1.79. The van der Waals surface area contributed by atoms with Gasteiger partial charge in [-0.25, -0.2) is 0 Å². The van der Waals surface area contributed by atoms with E-state index >= 15 is 0 Å². The van der Waals surface area contributed by atoms with Gasteiger partial charge in [0.05, 0.1) is 12.8 Å². The van der Waals surface area contributed by atoms with E-state index in [1.807, 2.05) is 30.3 Å². The molecule has 3 heteroatoms. The van der Waals surface area contributed by atoms with Gasteiger partial charge >= 0.3 is 0 Å². The van der Waals surface area contributed by atoms with Crippen molar-refractivity contribution in [2.45, 2.75) is 6.42 Å². The molecule has 0 saturated heterocycles. The maximum Gasteiger partial charge on any atom is 0.142 e. The second kappa shape index (κ2) is 4.78. The van der Waals surface area contributed by atoms with E-state index in [9.17, 15) is 5.11 Å². The molecule has 2 rings (SSSR count). The number of nitrogens with two attached hydrogens (primary N) is 1. The third-order valence-electron chi connectivity index (χ3n) is 2.75. The third kappa shape index (κ3) is 2.33. The molecule has 0 radical (unpaired) electrons. The number of rotatable bonds is 3. The van der Waals surface area contributed by atoms with Gasteiger partial charge in [0.25, 0.3) is 0 Å². The summed E-state index contributed by atoms with van der Waals surface area (Å²) in [6.45, 7) is 0. The Morgan fingerprint density at radius 2 is 1.76 bits per heavy atom. The first kappa shape index (κ1) is 11.3. The summed E-state index contributed by atoms with van der Waals surface area (Å²) in [7, 11) is 1.59. The molecule has 0 fully saturated rings. The van der Waals surface area contributed by atoms with Gasteiger partial charge < -0.3 is 15.6 Å². The first-order chi connectivity index (χ1) is 8.22. The van der Waals surface area contributed by atoms with Gasteiger partial charge in [-0.05, 0) is 23.3 Å². The minimum absolute atomic E-state index is 0.287. The molecule has 0 unspecified atom stereocenters. The monoisotopic (exact) mass is 229 g/mol. The SMILES string of the molecule is COc1cccc(Cc2ccccc2O)c1N. The zero-order chi connectivity index (χ0) is 12.3. The predicted molar refractivity (Wildman–Crippen MR) is 68.3 cm³/mol. The van der Waals surface area contributed by atoms with Crippen LogP contribution < -0.4 is 10.5 Å². The molecule has 17 heavy (non-hydrogen) atoms. The van der Waals surface area contributed by atoms with E-state index < -0.39 is 0 Å². The molecule has 0 heterocycles. The summed E-state index contributed by atoms with van der Waals surface area (Å²) in [5, 5.41) is 9.72. The maximum absolute atomic E-state index is 9.72. The second-order valence-corrected chi connectivity index (χ2v) is 3.84. The molecule has 0 aliphatic carbocycles. The molecule has 0 aliphatic heterocycles. The van der Waals surface area contributed by atoms with Crippen molar-refractivity contribution in [3.05, 3.63) is 53.6 Å². The highest BCUT2D eigenvalue weighted by Crippen LogP contribution is 2.28. The van der Waals surface area contributed by atoms with Gasteiger partial charge in [-0.1, -0.05) is 30.3 Å². The lowest BCUT2D eigenvalue weighted by atomic mass is 10.0. The molecule has 3 nitrogen and oxygen atoms in total. The Hall–Kier alpha value is -2.16. The van der Waals surface area contributed by atoms with Crippen molar-refractivity contribution in [3.63, 3.8) is 0 Å². The van der Waals surface area contributed by atoms with Crippen LogP contribution in [0.2, 0.25) is 0 Å². The van der Waals surface area contributed by atoms with Gasteiger partial charge in [-0.15, -0.1) is 0 Å². The second-order valence-electron chi connectivity index (χ2n) is 3.84. The highest BCUT2D eigenvalue weighted by Gasteiger charge is 2.07. The zero-order valence-corrected chi connectivity index (χ0v) is 9.68. The number of phenolic OH excluding ortho intramolecular Hbond substituents is 1. The summed E-state index contributed by atoms with van der Waals surface area (Å²) in [5.41, 5.74) is 8.41. The number of nitrogen functional groups attached to an aromatic ring is 1. The molecule has 0 atom stereocenters. The molecule has 2 aromatic carbocycles. The van der Waals surface area contributed by atoms with Gasteiger partial charge in [-0.3, -0.25) is 0 Å². The number of methoxy groups -OCH3 is 1. The molecule has 88 valence electrons. The molecular formula is C14H15NO2. The van der Waals surface area contributed by atoms with Gasteiger partial charge in [0, 0.05) is 6.42 Å². The Balaban J connectivity index is 2.34. The van der Waals surface area contributed by atoms with Crippen molar-refractivity contribution >= 4 is 5.69 Å². The average Bonchev–Trinajstić information content (AvgIpc) is 2.34. The number of ether oxygens (including phenoxy) is 1. The van der Waals surface area contributed by atoms with E-state index in [4.69, 9.17) is 10.5 Å². The van der Waals surface area contributed by atoms with Gasteiger partial charge in [0.15, 0.2) is 0 Å². The fraction of sp³-hybridized carbons (Fsp3) is 0.143. The number of hydrogen-bond acceptors (Lipinski definition) is 3. The number of aromatic hydroxyl groups is 1. The quantitative estimate of drug-likeness (QED) is 0.795. The summed E-state index contributed by atoms with van der Waals surface area (Å²) in [4.78, 5) is 0. The molecule has 3 N–H and O–H groups in total. The Kier molecular flexibility index (Phi) is 3.19. The number of hydrogen-bond donors (Lipinski definition) is 2. The molecule has 0 aromatic heterocycles. The van der Waals surface area contributed by atoms with Crippen LogP contribution in [-0.4, -0.2) is 12.2 Å². The van der Waals surface area contributed by atoms with E-state index in [0.29, 0.717) is 17.9 Å². The lowest BCUT2D eigenvalue weighted by molar-refractivity contribution is 0.416. The van der Waals surface area contributed by atoms with Crippen LogP contribution >= 0.6 is 0 Å². The number of phenols is 1. The molecule has 0 amide bonds. The van der Waals surface area contributed by atoms with E-state index in [0.717, 1.165) is 11.1 Å². The number of para-hydroxylation sites is 2. The summed E-state index contributed by atoms with van der Waals surface area (Å²) in [5.74, 6) is 0.952. The predicted octanol–water partition coefficient (Wildman–Crippen LogP) is 2.57. The van der Waals surface area contributed by atoms with Crippen LogP contribution in [-0.2, 0) is 6.42 Å². The summed E-state index contributed by atoms with van der Waals surface area (Å²) in [6.07, 6.45) is 0.593.